The van der Waals surface area contributed by atoms with Gasteiger partial charge in [-0.2, -0.15) is 0 Å². The highest BCUT2D eigenvalue weighted by atomic mass is 35.5. The van der Waals surface area contributed by atoms with Gasteiger partial charge < -0.3 is 14.5 Å². The van der Waals surface area contributed by atoms with E-state index < -0.39 is 22.6 Å². The highest BCUT2D eigenvalue weighted by Crippen LogP contribution is 2.54. The number of nitrogens with zero attached hydrogens (tertiary/aromatic N) is 3. The predicted octanol–water partition coefficient (Wildman–Crippen LogP) is 7.36. The van der Waals surface area contributed by atoms with Crippen LogP contribution in [0.2, 0.25) is 10.4 Å². The second kappa shape index (κ2) is 12.8. The summed E-state index contributed by atoms with van der Waals surface area (Å²) < 4.78 is 11.5. The van der Waals surface area contributed by atoms with E-state index in [1.165, 1.54) is 6.20 Å². The number of carbonyl (C=O) groups excluding carboxylic acids is 1. The van der Waals surface area contributed by atoms with Crippen LogP contribution in [0.25, 0.3) is 0 Å². The molecule has 1 atom stereocenters. The molecule has 1 aromatic heterocycles. The number of halogens is 2. The zero-order chi connectivity index (χ0) is 30.5. The first-order valence-electron chi connectivity index (χ1n) is 13.3. The van der Waals surface area contributed by atoms with Crippen LogP contribution in [-0.4, -0.2) is 39.3 Å². The third-order valence-electron chi connectivity index (χ3n) is 7.54. The molecule has 3 aromatic carbocycles. The first kappa shape index (κ1) is 31.5. The van der Waals surface area contributed by atoms with Gasteiger partial charge in [0, 0.05) is 17.4 Å². The number of hydrogen-bond acceptors (Lipinski definition) is 5. The molecule has 2 amide bonds. The summed E-state index contributed by atoms with van der Waals surface area (Å²) in [6.45, 7) is 8.33. The van der Waals surface area contributed by atoms with E-state index in [0.29, 0.717) is 17.0 Å². The largest absolute Gasteiger partial charge is 0.497 e. The molecule has 217 valence electrons. The van der Waals surface area contributed by atoms with Crippen molar-refractivity contribution in [2.75, 3.05) is 12.0 Å². The molecule has 0 saturated heterocycles. The van der Waals surface area contributed by atoms with Gasteiger partial charge in [0.1, 0.15) is 16.6 Å². The molecule has 0 bridgehead atoms. The third-order valence-corrected chi connectivity index (χ3v) is 8.46. The maximum absolute atomic E-state index is 14.5. The molecule has 3 radical (unpaired) electrons. The van der Waals surface area contributed by atoms with E-state index in [1.807, 2.05) is 43.3 Å². The number of aromatic nitrogens is 2. The van der Waals surface area contributed by atoms with E-state index >= 15 is 0 Å². The van der Waals surface area contributed by atoms with Crippen LogP contribution in [0.15, 0.2) is 91.1 Å². The zero-order valence-electron chi connectivity index (χ0n) is 24.2. The van der Waals surface area contributed by atoms with Gasteiger partial charge in [0.05, 0.1) is 19.1 Å². The van der Waals surface area contributed by atoms with E-state index in [2.05, 4.69) is 70.8 Å². The lowest BCUT2D eigenvalue weighted by Gasteiger charge is -2.56. The fourth-order valence-electron chi connectivity index (χ4n) is 5.83. The van der Waals surface area contributed by atoms with Gasteiger partial charge in [0.25, 0.3) is 0 Å². The lowest BCUT2D eigenvalue weighted by molar-refractivity contribution is -0.0440. The second-order valence-corrected chi connectivity index (χ2v) is 11.9. The molecule has 4 aromatic rings. The van der Waals surface area contributed by atoms with E-state index in [9.17, 15) is 4.79 Å². The maximum Gasteiger partial charge on any atom is 0.324 e. The van der Waals surface area contributed by atoms with Gasteiger partial charge in [-0.25, -0.2) is 14.8 Å². The number of ether oxygens (including phenoxy) is 1. The van der Waals surface area contributed by atoms with Crippen LogP contribution < -0.4 is 15.0 Å². The maximum atomic E-state index is 14.5. The normalized spacial score (nSPS) is 13.2. The summed E-state index contributed by atoms with van der Waals surface area (Å²) in [5, 5.41) is 3.41. The lowest BCUT2D eigenvalue weighted by atomic mass is 9.54. The topological polar surface area (TPSA) is 76.6 Å². The number of carbonyl (C=O) groups is 1. The number of benzene rings is 3. The van der Waals surface area contributed by atoms with Crippen molar-refractivity contribution in [2.24, 2.45) is 5.41 Å². The number of urea groups is 1. The Hall–Kier alpha value is -3.43. The fourth-order valence-corrected chi connectivity index (χ4v) is 6.40. The summed E-state index contributed by atoms with van der Waals surface area (Å²) in [7, 11) is 4.98. The minimum absolute atomic E-state index is 0.0184. The Morgan fingerprint density at radius 1 is 0.905 bits per heavy atom. The molecule has 0 saturated carbocycles. The Balaban J connectivity index is 1.88. The molecule has 0 unspecified atom stereocenters. The van der Waals surface area contributed by atoms with Gasteiger partial charge in [-0.15, -0.1) is 0 Å². The van der Waals surface area contributed by atoms with Crippen LogP contribution in [0.5, 0.6) is 5.75 Å². The van der Waals surface area contributed by atoms with Crippen molar-refractivity contribution < 1.29 is 14.0 Å². The van der Waals surface area contributed by atoms with Crippen LogP contribution >= 0.6 is 23.2 Å². The standard InChI is InChI=1S/C32H33Cl2N4O3Si/c1-30(2,3)32(23-12-8-6-9-13-23,24-14-10-7-11-15-24)31(4,41-42)37-29(39)38(25-16-18-26(40-5)19-17-25)21-22-20-35-28(34)36-27(22)33/h6-20H,21H2,1-5H3,(H,37,39)/t31-/m0/s1. The average Bonchev–Trinajstić information content (AvgIpc) is 2.97. The van der Waals surface area contributed by atoms with Crippen molar-refractivity contribution in [3.8, 4) is 5.75 Å². The minimum Gasteiger partial charge on any atom is -0.497 e. The highest BCUT2D eigenvalue weighted by Gasteiger charge is 2.59. The smallest absolute Gasteiger partial charge is 0.324 e. The molecule has 0 spiro atoms. The van der Waals surface area contributed by atoms with Crippen molar-refractivity contribution in [2.45, 2.75) is 45.4 Å². The SMILES string of the molecule is COc1ccc(N(Cc2cnc(Cl)nc2Cl)C(=O)N[C@@](C)(O[Si])C(c2ccccc2)(c2ccccc2)C(C)(C)C)cc1. The summed E-state index contributed by atoms with van der Waals surface area (Å²) in [6, 6.07) is 26.8. The second-order valence-electron chi connectivity index (χ2n) is 11.0. The Labute approximate surface area is 260 Å². The van der Waals surface area contributed by atoms with Crippen molar-refractivity contribution in [3.63, 3.8) is 0 Å². The summed E-state index contributed by atoms with van der Waals surface area (Å²) in [4.78, 5) is 24.1. The molecule has 0 aliphatic carbocycles. The quantitative estimate of drug-likeness (QED) is 0.0916. The molecule has 4 rings (SSSR count). The zero-order valence-corrected chi connectivity index (χ0v) is 26.7. The molecule has 0 aliphatic heterocycles. The molecule has 7 nitrogen and oxygen atoms in total. The predicted molar refractivity (Wildman–Crippen MR) is 168 cm³/mol. The number of rotatable bonds is 9. The Kier molecular flexibility index (Phi) is 9.62. The summed E-state index contributed by atoms with van der Waals surface area (Å²) in [5.74, 6) is 0.653. The van der Waals surface area contributed by atoms with Crippen LogP contribution in [-0.2, 0) is 16.4 Å². The van der Waals surface area contributed by atoms with Crippen LogP contribution in [0.1, 0.15) is 44.4 Å². The molecule has 1 heterocycles. The van der Waals surface area contributed by atoms with Crippen LogP contribution in [0.3, 0.4) is 0 Å². The summed E-state index contributed by atoms with van der Waals surface area (Å²) in [5.41, 5.74) is 0.365. The molecular formula is C32H33Cl2N4O3Si. The van der Waals surface area contributed by atoms with Gasteiger partial charge in [0.2, 0.25) is 15.8 Å². The van der Waals surface area contributed by atoms with Gasteiger partial charge in [0.15, 0.2) is 0 Å². The van der Waals surface area contributed by atoms with Crippen molar-refractivity contribution in [1.82, 2.24) is 15.3 Å². The van der Waals surface area contributed by atoms with Crippen molar-refractivity contribution in [3.05, 3.63) is 118 Å². The van der Waals surface area contributed by atoms with Gasteiger partial charge in [-0.05, 0) is 59.3 Å². The van der Waals surface area contributed by atoms with Gasteiger partial charge in [-0.3, -0.25) is 4.90 Å². The monoisotopic (exact) mass is 619 g/mol. The van der Waals surface area contributed by atoms with E-state index in [0.717, 1.165) is 11.1 Å². The molecule has 42 heavy (non-hydrogen) atoms. The first-order valence-corrected chi connectivity index (χ1v) is 14.5. The number of amides is 2. The molecular weight excluding hydrogens is 587 g/mol. The highest BCUT2D eigenvalue weighted by molar-refractivity contribution is 6.32. The Morgan fingerprint density at radius 2 is 1.45 bits per heavy atom. The Morgan fingerprint density at radius 3 is 1.90 bits per heavy atom. The minimum atomic E-state index is -1.33. The van der Waals surface area contributed by atoms with Crippen LogP contribution in [0, 0.1) is 5.41 Å². The van der Waals surface area contributed by atoms with Crippen molar-refractivity contribution in [1.29, 1.82) is 0 Å². The lowest BCUT2D eigenvalue weighted by Crippen LogP contribution is -2.68. The number of methoxy groups -OCH3 is 1. The summed E-state index contributed by atoms with van der Waals surface area (Å²) in [6.07, 6.45) is 1.51. The average molecular weight is 621 g/mol. The Bertz CT molecular complexity index is 1460. The molecule has 10 heteroatoms. The van der Waals surface area contributed by atoms with Gasteiger partial charge in [-0.1, -0.05) is 93.0 Å². The molecule has 0 fully saturated rings. The number of nitrogens with one attached hydrogen (secondary N) is 1. The number of hydrogen-bond donors (Lipinski definition) is 1. The van der Waals surface area contributed by atoms with E-state index in [-0.39, 0.29) is 17.0 Å². The van der Waals surface area contributed by atoms with Gasteiger partial charge >= 0.3 is 6.03 Å². The molecule has 0 aliphatic rings. The van der Waals surface area contributed by atoms with E-state index in [1.54, 1.807) is 36.3 Å². The van der Waals surface area contributed by atoms with Crippen LogP contribution in [0.4, 0.5) is 10.5 Å². The summed E-state index contributed by atoms with van der Waals surface area (Å²) >= 11 is 12.4. The van der Waals surface area contributed by atoms with E-state index in [4.69, 9.17) is 32.4 Å². The molecule has 1 N–H and O–H groups in total. The number of anilines is 1. The van der Waals surface area contributed by atoms with Crippen molar-refractivity contribution >= 4 is 45.4 Å². The third kappa shape index (κ3) is 6.03. The fraction of sp³-hybridized carbons (Fsp3) is 0.281. The first-order chi connectivity index (χ1) is 20.0.